The normalized spacial score (nSPS) is 24.5. The maximum absolute atomic E-state index is 13.1. The molecule has 1 saturated heterocycles. The summed E-state index contributed by atoms with van der Waals surface area (Å²) < 4.78 is 13.1. The van der Waals surface area contributed by atoms with Crippen LogP contribution in [0.1, 0.15) is 18.9 Å². The summed E-state index contributed by atoms with van der Waals surface area (Å²) in [4.78, 5) is 2.34. The average Bonchev–Trinajstić information content (AvgIpc) is 2.77. The standard InChI is InChI=1S/C14H21FN2/c1-3-12-8-16-9-14(12)17(2)10-11-5-4-6-13(15)7-11/h4-7,12,14,16H,3,8-10H2,1-2H3. The molecule has 2 rings (SSSR count). The highest BCUT2D eigenvalue weighted by atomic mass is 19.1. The van der Waals surface area contributed by atoms with Gasteiger partial charge in [-0.15, -0.1) is 0 Å². The number of benzene rings is 1. The largest absolute Gasteiger partial charge is 0.315 e. The zero-order valence-electron chi connectivity index (χ0n) is 10.6. The van der Waals surface area contributed by atoms with Crippen molar-refractivity contribution in [3.63, 3.8) is 0 Å². The van der Waals surface area contributed by atoms with Gasteiger partial charge in [0.1, 0.15) is 5.82 Å². The molecule has 1 aromatic carbocycles. The molecule has 3 heteroatoms. The van der Waals surface area contributed by atoms with Crippen LogP contribution in [0.3, 0.4) is 0 Å². The molecule has 2 nitrogen and oxygen atoms in total. The topological polar surface area (TPSA) is 15.3 Å². The Morgan fingerprint density at radius 1 is 1.41 bits per heavy atom. The Kier molecular flexibility index (Phi) is 4.13. The SMILES string of the molecule is CCC1CNCC1N(C)Cc1cccc(F)c1. The predicted octanol–water partition coefficient (Wildman–Crippen LogP) is 2.26. The summed E-state index contributed by atoms with van der Waals surface area (Å²) in [5, 5.41) is 3.44. The molecular weight excluding hydrogens is 215 g/mol. The molecule has 0 radical (unpaired) electrons. The highest BCUT2D eigenvalue weighted by Crippen LogP contribution is 2.19. The Balaban J connectivity index is 1.99. The number of halogens is 1. The van der Waals surface area contributed by atoms with Crippen LogP contribution in [0.15, 0.2) is 24.3 Å². The van der Waals surface area contributed by atoms with E-state index in [9.17, 15) is 4.39 Å². The van der Waals surface area contributed by atoms with Crippen molar-refractivity contribution in [2.75, 3.05) is 20.1 Å². The maximum Gasteiger partial charge on any atom is 0.123 e. The summed E-state index contributed by atoms with van der Waals surface area (Å²) in [7, 11) is 2.13. The molecule has 2 atom stereocenters. The van der Waals surface area contributed by atoms with E-state index in [0.29, 0.717) is 12.0 Å². The Morgan fingerprint density at radius 3 is 2.94 bits per heavy atom. The first-order valence-corrected chi connectivity index (χ1v) is 6.36. The molecule has 17 heavy (non-hydrogen) atoms. The Morgan fingerprint density at radius 2 is 2.24 bits per heavy atom. The van der Waals surface area contributed by atoms with Gasteiger partial charge < -0.3 is 5.32 Å². The maximum atomic E-state index is 13.1. The molecule has 0 aliphatic carbocycles. The highest BCUT2D eigenvalue weighted by Gasteiger charge is 2.28. The number of hydrogen-bond acceptors (Lipinski definition) is 2. The van der Waals surface area contributed by atoms with Gasteiger partial charge in [-0.2, -0.15) is 0 Å². The van der Waals surface area contributed by atoms with Crippen LogP contribution in [0.2, 0.25) is 0 Å². The van der Waals surface area contributed by atoms with Crippen molar-refractivity contribution in [2.24, 2.45) is 5.92 Å². The van der Waals surface area contributed by atoms with E-state index in [1.54, 1.807) is 12.1 Å². The van der Waals surface area contributed by atoms with Crippen LogP contribution in [0.4, 0.5) is 4.39 Å². The summed E-state index contributed by atoms with van der Waals surface area (Å²) in [5.74, 6) is 0.570. The van der Waals surface area contributed by atoms with Crippen molar-refractivity contribution in [1.82, 2.24) is 10.2 Å². The molecule has 0 saturated carbocycles. The van der Waals surface area contributed by atoms with Gasteiger partial charge in [0.05, 0.1) is 0 Å². The number of nitrogens with zero attached hydrogens (tertiary/aromatic N) is 1. The molecule has 1 fully saturated rings. The molecule has 1 heterocycles. The number of rotatable bonds is 4. The molecule has 0 spiro atoms. The molecule has 0 aromatic heterocycles. The van der Waals surface area contributed by atoms with Crippen molar-refractivity contribution in [2.45, 2.75) is 25.9 Å². The van der Waals surface area contributed by atoms with Gasteiger partial charge in [-0.1, -0.05) is 25.5 Å². The van der Waals surface area contributed by atoms with Gasteiger partial charge in [-0.3, -0.25) is 4.90 Å². The molecule has 94 valence electrons. The van der Waals surface area contributed by atoms with Gasteiger partial charge >= 0.3 is 0 Å². The quantitative estimate of drug-likeness (QED) is 0.862. The van der Waals surface area contributed by atoms with Crippen molar-refractivity contribution in [3.05, 3.63) is 35.6 Å². The lowest BCUT2D eigenvalue weighted by atomic mass is 9.99. The molecule has 0 amide bonds. The summed E-state index contributed by atoms with van der Waals surface area (Å²) in [6, 6.07) is 7.46. The second-order valence-corrected chi connectivity index (χ2v) is 4.94. The molecular formula is C14H21FN2. The van der Waals surface area contributed by atoms with E-state index in [0.717, 1.165) is 25.2 Å². The van der Waals surface area contributed by atoms with Crippen molar-refractivity contribution in [1.29, 1.82) is 0 Å². The summed E-state index contributed by atoms with van der Waals surface area (Å²) >= 11 is 0. The Bertz CT molecular complexity index is 367. The fourth-order valence-corrected chi connectivity index (χ4v) is 2.69. The summed E-state index contributed by atoms with van der Waals surface area (Å²) in [6.45, 7) is 5.21. The van der Waals surface area contributed by atoms with Gasteiger partial charge in [0.15, 0.2) is 0 Å². The fourth-order valence-electron chi connectivity index (χ4n) is 2.69. The third-order valence-corrected chi connectivity index (χ3v) is 3.72. The fraction of sp³-hybridized carbons (Fsp3) is 0.571. The van der Waals surface area contributed by atoms with E-state index in [2.05, 4.69) is 24.2 Å². The predicted molar refractivity (Wildman–Crippen MR) is 68.3 cm³/mol. The smallest absolute Gasteiger partial charge is 0.123 e. The summed E-state index contributed by atoms with van der Waals surface area (Å²) in [6.07, 6.45) is 1.20. The van der Waals surface area contributed by atoms with Crippen LogP contribution in [0.5, 0.6) is 0 Å². The van der Waals surface area contributed by atoms with E-state index >= 15 is 0 Å². The highest BCUT2D eigenvalue weighted by molar-refractivity contribution is 5.16. The minimum Gasteiger partial charge on any atom is -0.315 e. The number of nitrogens with one attached hydrogen (secondary N) is 1. The van der Waals surface area contributed by atoms with Crippen molar-refractivity contribution < 1.29 is 4.39 Å². The van der Waals surface area contributed by atoms with Crippen LogP contribution < -0.4 is 5.32 Å². The van der Waals surface area contributed by atoms with Gasteiger partial charge in [0.25, 0.3) is 0 Å². The summed E-state index contributed by atoms with van der Waals surface area (Å²) in [5.41, 5.74) is 1.05. The first kappa shape index (κ1) is 12.5. The molecule has 0 bridgehead atoms. The van der Waals surface area contributed by atoms with Gasteiger partial charge in [0, 0.05) is 19.1 Å². The van der Waals surface area contributed by atoms with Crippen LogP contribution in [-0.4, -0.2) is 31.1 Å². The minimum atomic E-state index is -0.146. The van der Waals surface area contributed by atoms with Crippen molar-refractivity contribution in [3.8, 4) is 0 Å². The lowest BCUT2D eigenvalue weighted by Gasteiger charge is -2.28. The molecule has 1 aliphatic rings. The van der Waals surface area contributed by atoms with Crippen molar-refractivity contribution >= 4 is 0 Å². The Hall–Kier alpha value is -0.930. The Labute approximate surface area is 103 Å². The number of hydrogen-bond donors (Lipinski definition) is 1. The van der Waals surface area contributed by atoms with E-state index in [1.807, 2.05) is 6.07 Å². The zero-order chi connectivity index (χ0) is 12.3. The minimum absolute atomic E-state index is 0.146. The average molecular weight is 236 g/mol. The third-order valence-electron chi connectivity index (χ3n) is 3.72. The van der Waals surface area contributed by atoms with E-state index < -0.39 is 0 Å². The molecule has 1 aromatic rings. The van der Waals surface area contributed by atoms with Crippen LogP contribution in [0, 0.1) is 11.7 Å². The molecule has 1 aliphatic heterocycles. The lowest BCUT2D eigenvalue weighted by molar-refractivity contribution is 0.201. The second kappa shape index (κ2) is 5.61. The number of likely N-dealkylation sites (N-methyl/N-ethyl adjacent to an activating group) is 1. The zero-order valence-corrected chi connectivity index (χ0v) is 10.6. The lowest BCUT2D eigenvalue weighted by Crippen LogP contribution is -2.37. The van der Waals surface area contributed by atoms with Gasteiger partial charge in [-0.05, 0) is 37.2 Å². The first-order chi connectivity index (χ1) is 8.20. The van der Waals surface area contributed by atoms with Gasteiger partial charge in [0.2, 0.25) is 0 Å². The van der Waals surface area contributed by atoms with E-state index in [1.165, 1.54) is 12.5 Å². The van der Waals surface area contributed by atoms with E-state index in [-0.39, 0.29) is 5.82 Å². The van der Waals surface area contributed by atoms with Crippen LogP contribution in [0.25, 0.3) is 0 Å². The van der Waals surface area contributed by atoms with Gasteiger partial charge in [-0.25, -0.2) is 4.39 Å². The third kappa shape index (κ3) is 3.05. The van der Waals surface area contributed by atoms with Crippen LogP contribution >= 0.6 is 0 Å². The van der Waals surface area contributed by atoms with Crippen LogP contribution in [-0.2, 0) is 6.54 Å². The first-order valence-electron chi connectivity index (χ1n) is 6.36. The van der Waals surface area contributed by atoms with E-state index in [4.69, 9.17) is 0 Å². The molecule has 1 N–H and O–H groups in total. The second-order valence-electron chi connectivity index (χ2n) is 4.94. The molecule has 2 unspecified atom stereocenters. The monoisotopic (exact) mass is 236 g/mol.